The van der Waals surface area contributed by atoms with Crippen molar-refractivity contribution in [2.45, 2.75) is 110 Å². The molecule has 6 fully saturated rings. The molecule has 1 atom stereocenters. The number of nitrogens with zero attached hydrogens (tertiary/aromatic N) is 12. The van der Waals surface area contributed by atoms with E-state index >= 15 is 0 Å². The Morgan fingerprint density at radius 2 is 0.850 bits per heavy atom. The number of phenolic OH excluding ortho intramolecular Hbond substituents is 2. The number of para-hydroxylation sites is 4. The summed E-state index contributed by atoms with van der Waals surface area (Å²) in [5.41, 5.74) is 12.4. The quantitative estimate of drug-likeness (QED) is 0.0212. The summed E-state index contributed by atoms with van der Waals surface area (Å²) in [5, 5.41) is 53.0. The van der Waals surface area contributed by atoms with E-state index in [1.807, 2.05) is 102 Å². The molecule has 7 aliphatic rings. The molecule has 0 radical (unpaired) electrons. The molecule has 710 valence electrons. The molecule has 0 aromatic heterocycles. The lowest BCUT2D eigenvalue weighted by Crippen LogP contribution is -2.53. The zero-order valence-electron chi connectivity index (χ0n) is 77.9. The van der Waals surface area contributed by atoms with Crippen LogP contribution in [0.2, 0.25) is 0 Å². The number of anilines is 1. The third-order valence-electron chi connectivity index (χ3n) is 25.2. The van der Waals surface area contributed by atoms with Crippen LogP contribution >= 0.6 is 15.9 Å². The number of hydrogen-bond acceptors (Lipinski definition) is 24. The van der Waals surface area contributed by atoms with Gasteiger partial charge in [0, 0.05) is 236 Å². The summed E-state index contributed by atoms with van der Waals surface area (Å²) in [6.07, 6.45) is 7.32. The summed E-state index contributed by atoms with van der Waals surface area (Å²) in [5.74, 6) is 5.09. The van der Waals surface area contributed by atoms with Crippen LogP contribution in [0.5, 0.6) is 46.0 Å². The molecule has 10 aromatic carbocycles. The van der Waals surface area contributed by atoms with E-state index in [0.717, 1.165) is 228 Å². The zero-order valence-corrected chi connectivity index (χ0v) is 79.5. The first-order chi connectivity index (χ1) is 64.8. The number of aryl methyl sites for hydroxylation is 1. The molecule has 27 nitrogen and oxygen atoms in total. The third kappa shape index (κ3) is 32.5. The van der Waals surface area contributed by atoms with E-state index < -0.39 is 6.10 Å². The Kier molecular flexibility index (Phi) is 40.6. The fraction of sp³-hybridized carbons (Fsp3) is 0.419. The number of non-ortho nitro benzene ring substituents is 2. The summed E-state index contributed by atoms with van der Waals surface area (Å²) < 4.78 is 34.4. The predicted octanol–water partition coefficient (Wildman–Crippen LogP) is 15.8. The summed E-state index contributed by atoms with van der Waals surface area (Å²) in [7, 11) is 6.69. The Hall–Kier alpha value is -11.3. The first kappa shape index (κ1) is 101. The lowest BCUT2D eigenvalue weighted by Gasteiger charge is -2.37. The maximum Gasteiger partial charge on any atom is 0.269 e. The molecule has 1 unspecified atom stereocenters. The van der Waals surface area contributed by atoms with Crippen molar-refractivity contribution in [1.82, 2.24) is 49.4 Å². The molecule has 1 saturated carbocycles. The minimum absolute atomic E-state index is 0.0221. The first-order valence-corrected chi connectivity index (χ1v) is 47.5. The fourth-order valence-electron chi connectivity index (χ4n) is 17.4. The van der Waals surface area contributed by atoms with Crippen LogP contribution in [0.1, 0.15) is 88.6 Å². The van der Waals surface area contributed by atoms with Crippen LogP contribution in [0.15, 0.2) is 241 Å². The number of amides is 1. The number of benzene rings is 10. The number of methoxy groups -OCH3 is 4. The van der Waals surface area contributed by atoms with E-state index in [2.05, 4.69) is 169 Å². The average molecular weight is 1880 g/mol. The Morgan fingerprint density at radius 1 is 0.429 bits per heavy atom. The van der Waals surface area contributed by atoms with Crippen molar-refractivity contribution in [3.63, 3.8) is 0 Å². The van der Waals surface area contributed by atoms with Crippen LogP contribution in [0.4, 0.5) is 17.1 Å². The number of carbonyl (C=O) groups is 1. The molecule has 0 bridgehead atoms. The number of fused-ring (bicyclic) bond motifs is 1. The molecule has 28 heteroatoms. The van der Waals surface area contributed by atoms with E-state index in [4.69, 9.17) is 33.5 Å². The van der Waals surface area contributed by atoms with E-state index in [-0.39, 0.29) is 40.3 Å². The van der Waals surface area contributed by atoms with E-state index in [9.17, 15) is 35.2 Å². The van der Waals surface area contributed by atoms with Gasteiger partial charge in [-0.15, -0.1) is 0 Å². The van der Waals surface area contributed by atoms with Gasteiger partial charge in [-0.3, -0.25) is 64.2 Å². The fourth-order valence-corrected chi connectivity index (χ4v) is 17.8. The van der Waals surface area contributed by atoms with Gasteiger partial charge >= 0.3 is 0 Å². The number of rotatable bonds is 27. The van der Waals surface area contributed by atoms with Crippen molar-refractivity contribution in [2.24, 2.45) is 0 Å². The van der Waals surface area contributed by atoms with Gasteiger partial charge in [-0.05, 0) is 114 Å². The lowest BCUT2D eigenvalue weighted by atomic mass is 10.1. The molecular formula is C105H134BrN13O14. The molecular weight excluding hydrogens is 1750 g/mol. The molecule has 1 aliphatic carbocycles. The largest absolute Gasteiger partial charge is 0.508 e. The van der Waals surface area contributed by atoms with Gasteiger partial charge in [0.15, 0.2) is 23.0 Å². The monoisotopic (exact) mass is 1880 g/mol. The van der Waals surface area contributed by atoms with Crippen LogP contribution in [0.3, 0.4) is 0 Å². The second-order valence-corrected chi connectivity index (χ2v) is 35.6. The SMILES string of the molecule is COc1ccc(CN2CCN(Cc3ccccc3)CC2)c(OC)c1OC.COc1ccccc1N1CCN(Cc2ccc(O)cc2)CC1.Cc1ccc(CN2CCN(CCO)CC2)cc1.O=C(C1COc2ccccc2O1)N1CCN(Cc2ccccc2)CC1.O=[N+]([O-])c1ccc(CN2CCN(Cc3cc(Br)ccc3O)CC2)cc1.O=[N+]([O-])c1ccc(CNC2CCCCCC2)cc1. The van der Waals surface area contributed by atoms with E-state index in [1.54, 1.807) is 70.9 Å². The maximum atomic E-state index is 12.7. The summed E-state index contributed by atoms with van der Waals surface area (Å²) in [4.78, 5) is 56.8. The normalized spacial score (nSPS) is 17.2. The van der Waals surface area contributed by atoms with Crippen LogP contribution in [0.25, 0.3) is 0 Å². The second-order valence-electron chi connectivity index (χ2n) is 34.7. The van der Waals surface area contributed by atoms with Crippen molar-refractivity contribution >= 4 is 38.9 Å². The molecule has 4 N–H and O–H groups in total. The molecule has 0 spiro atoms. The summed E-state index contributed by atoms with van der Waals surface area (Å²) in [6.45, 7) is 30.2. The number of β-amino-alcohol motifs (C(OH)–C–C–N with tert-alkyl or cyclic N) is 1. The number of phenols is 2. The molecule has 133 heavy (non-hydrogen) atoms. The van der Waals surface area contributed by atoms with Gasteiger partial charge in [0.2, 0.25) is 11.9 Å². The Balaban J connectivity index is 0.000000145. The highest BCUT2D eigenvalue weighted by Crippen LogP contribution is 2.41. The number of aromatic hydroxyl groups is 2. The number of nitrogens with one attached hydrogen (secondary N) is 1. The number of aliphatic hydroxyl groups is 1. The van der Waals surface area contributed by atoms with Crippen molar-refractivity contribution in [2.75, 3.05) is 184 Å². The Bertz CT molecular complexity index is 5110. The van der Waals surface area contributed by atoms with Gasteiger partial charge in [0.25, 0.3) is 17.3 Å². The summed E-state index contributed by atoms with van der Waals surface area (Å²) >= 11 is 3.44. The predicted molar refractivity (Wildman–Crippen MR) is 527 cm³/mol. The van der Waals surface area contributed by atoms with Crippen molar-refractivity contribution in [3.05, 3.63) is 311 Å². The van der Waals surface area contributed by atoms with Gasteiger partial charge in [0.1, 0.15) is 23.9 Å². The number of ether oxygens (including phenoxy) is 6. The second kappa shape index (κ2) is 53.6. The maximum absolute atomic E-state index is 12.7. The van der Waals surface area contributed by atoms with Crippen LogP contribution in [0, 0.1) is 27.2 Å². The van der Waals surface area contributed by atoms with Crippen molar-refractivity contribution in [3.8, 4) is 46.0 Å². The third-order valence-corrected chi connectivity index (χ3v) is 25.7. The Labute approximate surface area is 793 Å². The molecule has 1 amide bonds. The molecule has 6 aliphatic heterocycles. The number of nitro groups is 2. The molecule has 5 saturated heterocycles. The average Bonchev–Trinajstić information content (AvgIpc) is 1.26. The zero-order chi connectivity index (χ0) is 93.5. The molecule has 17 rings (SSSR count). The first-order valence-electron chi connectivity index (χ1n) is 46.7. The molecule has 6 heterocycles. The van der Waals surface area contributed by atoms with Crippen LogP contribution in [-0.4, -0.2) is 266 Å². The van der Waals surface area contributed by atoms with Gasteiger partial charge in [-0.2, -0.15) is 0 Å². The van der Waals surface area contributed by atoms with Gasteiger partial charge in [-0.1, -0.05) is 199 Å². The molecule has 10 aromatic rings. The van der Waals surface area contributed by atoms with E-state index in [0.29, 0.717) is 40.5 Å². The van der Waals surface area contributed by atoms with Crippen LogP contribution in [-0.2, 0) is 57.2 Å². The lowest BCUT2D eigenvalue weighted by molar-refractivity contribution is -0.385. The minimum Gasteiger partial charge on any atom is -0.508 e. The number of piperazine rings is 5. The summed E-state index contributed by atoms with van der Waals surface area (Å²) in [6, 6.07) is 76.8. The highest BCUT2D eigenvalue weighted by atomic mass is 79.9. The number of carbonyl (C=O) groups excluding carboxylic acids is 1. The smallest absolute Gasteiger partial charge is 0.269 e. The van der Waals surface area contributed by atoms with Gasteiger partial charge < -0.3 is 58.9 Å². The topological polar surface area (TPSA) is 264 Å². The minimum atomic E-state index is -0.546. The Morgan fingerprint density at radius 3 is 1.34 bits per heavy atom. The number of aliphatic hydroxyl groups excluding tert-OH is 1. The standard InChI is InChI=1S/C21H28N2O3.C20H22N2O3.C18H20BrN3O3.C18H22N2O2.C14H20N2O2.C14H22N2O/c1-24-19-10-9-18(20(25-2)21(19)26-3)16-23-13-11-22(12-14-23)15-17-7-5-4-6-8-17;23-20(19-15-24-17-8-4-5-9-18(17)25-19)22-12-10-21(11-13-22)14-16-6-2-1-3-7-16;19-16-3-6-18(23)15(11-16)13-21-9-7-20(8-10-21)12-14-1-4-17(5-2-14)22(24)25;1-22-18-5-3-2-4-17(18)20-12-10-19(11-13-20)14-15-6-8-16(21)9-7-15;17-16(18)14-9-7-12(8-10-14)11-15-13-5-3-1-2-4-6-13;1-13-2-4-14(5-3-13)12-16-8-6-15(7-9-16)10-11-17/h4-10H,11-16H2,1-3H3;1-9,19H,10-15H2;1-6,11,23H,7-10,12-13H2;2-9,21H,10-14H2,1H3;7-10,13,15H,1-6,11H2;2-5,17H,6-12H2,1H3. The van der Waals surface area contributed by atoms with Crippen molar-refractivity contribution in [1.29, 1.82) is 0 Å². The van der Waals surface area contributed by atoms with E-state index in [1.165, 1.54) is 72.0 Å². The van der Waals surface area contributed by atoms with Crippen molar-refractivity contribution < 1.29 is 58.4 Å². The number of hydrogen-bond donors (Lipinski definition) is 4. The highest BCUT2D eigenvalue weighted by Gasteiger charge is 2.34. The van der Waals surface area contributed by atoms with Gasteiger partial charge in [-0.25, -0.2) is 0 Å². The van der Waals surface area contributed by atoms with Gasteiger partial charge in [0.05, 0.1) is 50.6 Å². The highest BCUT2D eigenvalue weighted by molar-refractivity contribution is 9.10. The number of halogens is 1. The number of nitro benzene ring substituents is 2. The van der Waals surface area contributed by atoms with Crippen LogP contribution < -0.4 is 38.6 Å².